The highest BCUT2D eigenvalue weighted by Crippen LogP contribution is 2.64. The molecular formula is C18H19N2O7+. The fourth-order valence-electron chi connectivity index (χ4n) is 4.79. The van der Waals surface area contributed by atoms with Crippen LogP contribution in [0.4, 0.5) is 0 Å². The number of hydrogen-bond donors (Lipinski definition) is 4. The third-order valence-electron chi connectivity index (χ3n) is 6.20. The fourth-order valence-corrected chi connectivity index (χ4v) is 4.79. The molecule has 2 spiro atoms. The van der Waals surface area contributed by atoms with Crippen molar-refractivity contribution in [1.29, 1.82) is 0 Å². The molecule has 1 aromatic rings. The lowest BCUT2D eigenvalue weighted by Gasteiger charge is -2.27. The van der Waals surface area contributed by atoms with Crippen LogP contribution in [0.15, 0.2) is 24.3 Å². The second-order valence-electron chi connectivity index (χ2n) is 7.44. The van der Waals surface area contributed by atoms with Gasteiger partial charge in [0.2, 0.25) is 11.7 Å². The molecule has 1 aromatic carbocycles. The summed E-state index contributed by atoms with van der Waals surface area (Å²) in [7, 11) is 0. The van der Waals surface area contributed by atoms with E-state index in [1.807, 2.05) is 0 Å². The van der Waals surface area contributed by atoms with Crippen molar-refractivity contribution in [3.63, 3.8) is 0 Å². The van der Waals surface area contributed by atoms with E-state index in [9.17, 15) is 34.5 Å². The van der Waals surface area contributed by atoms with Gasteiger partial charge in [-0.2, -0.15) is 0 Å². The molecule has 2 saturated heterocycles. The average molecular weight is 375 g/mol. The molecular weight excluding hydrogens is 356 g/mol. The summed E-state index contributed by atoms with van der Waals surface area (Å²) >= 11 is 0. The number of aliphatic carboxylic acids is 1. The summed E-state index contributed by atoms with van der Waals surface area (Å²) in [4.78, 5) is 48.2. The monoisotopic (exact) mass is 375 g/mol. The molecule has 4 N–H and O–H groups in total. The SMILES string of the molecule is O=C(O)c1ccccc1C(=O)NC1C[N+]12C(=O)C21CCC(O)CC1C(=O)O. The van der Waals surface area contributed by atoms with E-state index in [1.165, 1.54) is 18.2 Å². The number of aliphatic hydroxyl groups is 1. The van der Waals surface area contributed by atoms with Crippen LogP contribution < -0.4 is 5.32 Å². The number of nitrogens with one attached hydrogen (secondary N) is 1. The predicted molar refractivity (Wildman–Crippen MR) is 88.5 cm³/mol. The molecule has 1 aliphatic carbocycles. The summed E-state index contributed by atoms with van der Waals surface area (Å²) in [5, 5.41) is 31.2. The number of quaternary nitrogens is 1. The molecule has 0 bridgehead atoms. The molecule has 0 radical (unpaired) electrons. The summed E-state index contributed by atoms with van der Waals surface area (Å²) in [5.74, 6) is -4.16. The van der Waals surface area contributed by atoms with Crippen LogP contribution in [0, 0.1) is 5.92 Å². The largest absolute Gasteiger partial charge is 0.481 e. The molecule has 9 nitrogen and oxygen atoms in total. The molecule has 1 saturated carbocycles. The number of amides is 2. The van der Waals surface area contributed by atoms with E-state index in [2.05, 4.69) is 5.32 Å². The zero-order chi connectivity index (χ0) is 19.6. The van der Waals surface area contributed by atoms with Gasteiger partial charge in [0, 0.05) is 6.42 Å². The number of carboxylic acid groups (broad SMARTS) is 2. The van der Waals surface area contributed by atoms with E-state index in [0.29, 0.717) is 13.0 Å². The first-order valence-electron chi connectivity index (χ1n) is 8.72. The van der Waals surface area contributed by atoms with Crippen molar-refractivity contribution in [1.82, 2.24) is 5.32 Å². The number of nitrogens with zero attached hydrogens (tertiary/aromatic N) is 1. The lowest BCUT2D eigenvalue weighted by molar-refractivity contribution is -0.677. The van der Waals surface area contributed by atoms with Gasteiger partial charge in [-0.05, 0) is 25.0 Å². The predicted octanol–water partition coefficient (Wildman–Crippen LogP) is -0.204. The number of rotatable bonds is 4. The Morgan fingerprint density at radius 3 is 2.44 bits per heavy atom. The summed E-state index contributed by atoms with van der Waals surface area (Å²) in [5.41, 5.74) is -1.24. The smallest absolute Gasteiger partial charge is 0.379 e. The van der Waals surface area contributed by atoms with Crippen LogP contribution in [-0.2, 0) is 9.59 Å². The van der Waals surface area contributed by atoms with Crippen LogP contribution in [0.2, 0.25) is 0 Å². The van der Waals surface area contributed by atoms with Crippen molar-refractivity contribution in [3.8, 4) is 0 Å². The zero-order valence-corrected chi connectivity index (χ0v) is 14.3. The second kappa shape index (κ2) is 5.61. The highest BCUT2D eigenvalue weighted by molar-refractivity contribution is 6.05. The Balaban J connectivity index is 1.55. The Morgan fingerprint density at radius 2 is 1.81 bits per heavy atom. The first-order valence-corrected chi connectivity index (χ1v) is 8.72. The van der Waals surface area contributed by atoms with E-state index >= 15 is 0 Å². The molecule has 2 aliphatic heterocycles. The molecule has 2 amide bonds. The molecule has 3 aliphatic rings. The van der Waals surface area contributed by atoms with Crippen LogP contribution >= 0.6 is 0 Å². The number of fused-ring (bicyclic) bond motifs is 1. The Labute approximate surface area is 153 Å². The number of carbonyl (C=O) groups is 4. The highest BCUT2D eigenvalue weighted by atomic mass is 16.4. The van der Waals surface area contributed by atoms with Crippen LogP contribution in [-0.4, -0.2) is 67.9 Å². The number of carboxylic acids is 2. The zero-order valence-electron chi connectivity index (χ0n) is 14.3. The summed E-state index contributed by atoms with van der Waals surface area (Å²) in [6.45, 7) is 0.291. The fraction of sp³-hybridized carbons (Fsp3) is 0.444. The van der Waals surface area contributed by atoms with Crippen LogP contribution in [0.1, 0.15) is 40.0 Å². The van der Waals surface area contributed by atoms with Crippen LogP contribution in [0.3, 0.4) is 0 Å². The van der Waals surface area contributed by atoms with Gasteiger partial charge in [-0.3, -0.25) is 14.9 Å². The summed E-state index contributed by atoms with van der Waals surface area (Å²) in [6.07, 6.45) is -0.687. The van der Waals surface area contributed by atoms with Crippen molar-refractivity contribution in [3.05, 3.63) is 35.4 Å². The van der Waals surface area contributed by atoms with Crippen molar-refractivity contribution < 1.29 is 39.0 Å². The Morgan fingerprint density at radius 1 is 1.15 bits per heavy atom. The minimum absolute atomic E-state index is 0.00718. The minimum atomic E-state index is -1.23. The third-order valence-corrected chi connectivity index (χ3v) is 6.20. The minimum Gasteiger partial charge on any atom is -0.481 e. The molecule has 5 atom stereocenters. The van der Waals surface area contributed by atoms with Crippen molar-refractivity contribution >= 4 is 23.8 Å². The maximum absolute atomic E-state index is 12.7. The second-order valence-corrected chi connectivity index (χ2v) is 7.44. The van der Waals surface area contributed by atoms with E-state index in [4.69, 9.17) is 0 Å². The number of aliphatic hydroxyl groups excluding tert-OH is 1. The molecule has 27 heavy (non-hydrogen) atoms. The first-order chi connectivity index (χ1) is 12.8. The van der Waals surface area contributed by atoms with Crippen molar-refractivity contribution in [2.45, 2.75) is 37.1 Å². The lowest BCUT2D eigenvalue weighted by atomic mass is 9.77. The van der Waals surface area contributed by atoms with Gasteiger partial charge in [0.15, 0.2) is 6.54 Å². The van der Waals surface area contributed by atoms with Gasteiger partial charge >= 0.3 is 17.8 Å². The Bertz CT molecular complexity index is 884. The molecule has 9 heteroatoms. The molecule has 0 aromatic heterocycles. The normalized spacial score (nSPS) is 36.5. The number of benzene rings is 1. The van der Waals surface area contributed by atoms with Crippen molar-refractivity contribution in [2.24, 2.45) is 5.92 Å². The summed E-state index contributed by atoms with van der Waals surface area (Å²) in [6, 6.07) is 5.77. The first kappa shape index (κ1) is 17.6. The third kappa shape index (κ3) is 2.25. The number of aromatic carboxylic acids is 1. The number of carbonyl (C=O) groups excluding carboxylic acids is 2. The Kier molecular flexibility index (Phi) is 3.66. The van der Waals surface area contributed by atoms with Crippen molar-refractivity contribution in [2.75, 3.05) is 6.54 Å². The van der Waals surface area contributed by atoms with E-state index in [0.717, 1.165) is 0 Å². The van der Waals surface area contributed by atoms with Gasteiger partial charge in [0.25, 0.3) is 5.91 Å². The quantitative estimate of drug-likeness (QED) is 0.422. The molecule has 4 rings (SSSR count). The standard InChI is InChI=1S/C18H18N2O7/c21-9-5-6-18(12(7-9)16(25)26)17(27)20(18)8-13(20)19-14(22)10-3-1-2-4-11(10)15(23)24/h1-4,9,12-13,21H,5-8H2,(H2-,19,22,23,24,25,26)/p+1. The van der Waals surface area contributed by atoms with Gasteiger partial charge < -0.3 is 15.3 Å². The maximum atomic E-state index is 12.7. The Hall–Kier alpha value is -2.78. The van der Waals surface area contributed by atoms with Gasteiger partial charge in [-0.25, -0.2) is 14.1 Å². The molecule has 142 valence electrons. The van der Waals surface area contributed by atoms with E-state index in [-0.39, 0.29) is 34.4 Å². The molecule has 2 heterocycles. The number of hydrogen-bond acceptors (Lipinski definition) is 5. The van der Waals surface area contributed by atoms with E-state index in [1.54, 1.807) is 6.07 Å². The van der Waals surface area contributed by atoms with Gasteiger partial charge in [-0.15, -0.1) is 0 Å². The van der Waals surface area contributed by atoms with Gasteiger partial charge in [0.05, 0.1) is 17.2 Å². The highest BCUT2D eigenvalue weighted by Gasteiger charge is 2.96. The molecule has 5 unspecified atom stereocenters. The maximum Gasteiger partial charge on any atom is 0.379 e. The van der Waals surface area contributed by atoms with Crippen LogP contribution in [0.5, 0.6) is 0 Å². The van der Waals surface area contributed by atoms with Gasteiger partial charge in [-0.1, -0.05) is 12.1 Å². The molecule has 3 fully saturated rings. The average Bonchev–Trinajstić information content (AvgIpc) is 3.47. The van der Waals surface area contributed by atoms with Crippen LogP contribution in [0.25, 0.3) is 0 Å². The topological polar surface area (TPSA) is 141 Å². The lowest BCUT2D eigenvalue weighted by Crippen LogP contribution is -2.44. The summed E-state index contributed by atoms with van der Waals surface area (Å²) < 4.78 is -0.113. The van der Waals surface area contributed by atoms with E-state index < -0.39 is 41.6 Å². The van der Waals surface area contributed by atoms with Gasteiger partial charge in [0.1, 0.15) is 5.92 Å².